The molecule has 11 heteroatoms. The van der Waals surface area contributed by atoms with Crippen LogP contribution in [0.2, 0.25) is 0 Å². The molecule has 7 nitrogen and oxygen atoms in total. The SMILES string of the molecule is O=C(COC1CCCC1)N1CC2(CC(OCc3ccncc3)CS2)C1.O=C(O)C(F)(F)F. The van der Waals surface area contributed by atoms with E-state index in [-0.39, 0.29) is 23.4 Å². The predicted molar refractivity (Wildman–Crippen MR) is 111 cm³/mol. The topological polar surface area (TPSA) is 89.0 Å². The van der Waals surface area contributed by atoms with Gasteiger partial charge in [-0.1, -0.05) is 12.8 Å². The Bertz CT molecular complexity index is 768. The van der Waals surface area contributed by atoms with Crippen molar-refractivity contribution in [1.82, 2.24) is 9.88 Å². The molecule has 1 N–H and O–H groups in total. The highest BCUT2D eigenvalue weighted by Crippen LogP contribution is 2.46. The fourth-order valence-corrected chi connectivity index (χ4v) is 5.54. The van der Waals surface area contributed by atoms with Crippen molar-refractivity contribution in [2.75, 3.05) is 25.4 Å². The number of thioether (sulfide) groups is 1. The van der Waals surface area contributed by atoms with Crippen LogP contribution in [0.25, 0.3) is 0 Å². The number of amides is 1. The van der Waals surface area contributed by atoms with E-state index in [1.54, 1.807) is 12.4 Å². The number of halogens is 3. The number of carboxylic acid groups (broad SMARTS) is 1. The molecular formula is C21H27F3N2O5S. The van der Waals surface area contributed by atoms with Gasteiger partial charge >= 0.3 is 12.1 Å². The Kier molecular flexibility index (Phi) is 8.40. The van der Waals surface area contributed by atoms with Crippen LogP contribution in [0.3, 0.4) is 0 Å². The monoisotopic (exact) mass is 476 g/mol. The van der Waals surface area contributed by atoms with Gasteiger partial charge in [-0.15, -0.1) is 11.8 Å². The number of nitrogens with zero attached hydrogens (tertiary/aromatic N) is 2. The van der Waals surface area contributed by atoms with E-state index in [4.69, 9.17) is 19.4 Å². The molecule has 178 valence electrons. The molecule has 0 aromatic carbocycles. The lowest BCUT2D eigenvalue weighted by molar-refractivity contribution is -0.192. The van der Waals surface area contributed by atoms with E-state index in [0.717, 1.165) is 43.7 Å². The van der Waals surface area contributed by atoms with Crippen LogP contribution >= 0.6 is 11.8 Å². The van der Waals surface area contributed by atoms with Crippen LogP contribution in [0, 0.1) is 0 Å². The maximum Gasteiger partial charge on any atom is 0.490 e. The zero-order valence-corrected chi connectivity index (χ0v) is 18.4. The summed E-state index contributed by atoms with van der Waals surface area (Å²) in [5.74, 6) is -1.59. The molecule has 2 saturated heterocycles. The van der Waals surface area contributed by atoms with E-state index in [2.05, 4.69) is 4.98 Å². The Labute approximate surface area is 188 Å². The minimum absolute atomic E-state index is 0.152. The number of carboxylic acids is 1. The number of carbonyl (C=O) groups is 2. The van der Waals surface area contributed by atoms with Gasteiger partial charge in [0.1, 0.15) is 6.61 Å². The van der Waals surface area contributed by atoms with Gasteiger partial charge in [0.25, 0.3) is 0 Å². The Hall–Kier alpha value is -1.85. The lowest BCUT2D eigenvalue weighted by Crippen LogP contribution is -2.61. The van der Waals surface area contributed by atoms with Gasteiger partial charge in [0.2, 0.25) is 5.91 Å². The van der Waals surface area contributed by atoms with E-state index < -0.39 is 12.1 Å². The highest BCUT2D eigenvalue weighted by atomic mass is 32.2. The molecule has 4 rings (SSSR count). The summed E-state index contributed by atoms with van der Waals surface area (Å²) in [5, 5.41) is 7.12. The summed E-state index contributed by atoms with van der Waals surface area (Å²) in [6, 6.07) is 3.98. The Morgan fingerprint density at radius 3 is 2.38 bits per heavy atom. The molecule has 3 aliphatic rings. The molecule has 1 aliphatic carbocycles. The second-order valence-corrected chi connectivity index (χ2v) is 9.74. The van der Waals surface area contributed by atoms with Crippen molar-refractivity contribution in [1.29, 1.82) is 0 Å². The summed E-state index contributed by atoms with van der Waals surface area (Å²) < 4.78 is 43.8. The fraction of sp³-hybridized carbons (Fsp3) is 0.667. The van der Waals surface area contributed by atoms with E-state index in [9.17, 15) is 18.0 Å². The van der Waals surface area contributed by atoms with E-state index >= 15 is 0 Å². The standard InChI is InChI=1S/C19H26N2O3S.C2HF3O2/c22-18(11-24-16-3-1-2-4-16)21-13-19(14-21)9-17(12-25-19)23-10-15-5-7-20-8-6-15;3-2(4,5)1(6)7/h5-8,16-17H,1-4,9-14H2;(H,6,7). The first-order chi connectivity index (χ1) is 15.2. The maximum absolute atomic E-state index is 12.3. The second kappa shape index (κ2) is 10.8. The number of likely N-dealkylation sites (tertiary alicyclic amines) is 1. The van der Waals surface area contributed by atoms with Crippen molar-refractivity contribution in [3.8, 4) is 0 Å². The van der Waals surface area contributed by atoms with Gasteiger partial charge in [0.15, 0.2) is 0 Å². The first kappa shape index (κ1) is 24.8. The van der Waals surface area contributed by atoms with Gasteiger partial charge < -0.3 is 19.5 Å². The van der Waals surface area contributed by atoms with Crippen LogP contribution in [-0.2, 0) is 25.7 Å². The van der Waals surface area contributed by atoms with Gasteiger partial charge in [-0.05, 0) is 37.0 Å². The van der Waals surface area contributed by atoms with Gasteiger partial charge in [0, 0.05) is 31.2 Å². The van der Waals surface area contributed by atoms with Crippen LogP contribution in [0.1, 0.15) is 37.7 Å². The first-order valence-electron chi connectivity index (χ1n) is 10.5. The van der Waals surface area contributed by atoms with Crippen molar-refractivity contribution < 1.29 is 37.3 Å². The van der Waals surface area contributed by atoms with Gasteiger partial charge in [-0.3, -0.25) is 9.78 Å². The minimum atomic E-state index is -5.08. The molecule has 3 heterocycles. The van der Waals surface area contributed by atoms with Crippen molar-refractivity contribution in [2.24, 2.45) is 0 Å². The van der Waals surface area contributed by atoms with Crippen LogP contribution < -0.4 is 0 Å². The quantitative estimate of drug-likeness (QED) is 0.674. The van der Waals surface area contributed by atoms with Crippen LogP contribution in [0.4, 0.5) is 13.2 Å². The van der Waals surface area contributed by atoms with Crippen LogP contribution in [0.15, 0.2) is 24.5 Å². The largest absolute Gasteiger partial charge is 0.490 e. The fourth-order valence-electron chi connectivity index (χ4n) is 3.98. The summed E-state index contributed by atoms with van der Waals surface area (Å²) in [7, 11) is 0. The lowest BCUT2D eigenvalue weighted by atomic mass is 9.93. The average molecular weight is 477 g/mol. The lowest BCUT2D eigenvalue weighted by Gasteiger charge is -2.47. The number of hydrogen-bond acceptors (Lipinski definition) is 6. The average Bonchev–Trinajstić information content (AvgIpc) is 3.40. The number of aliphatic carboxylic acids is 1. The number of pyridine rings is 1. The molecule has 1 spiro atoms. The smallest absolute Gasteiger partial charge is 0.475 e. The molecule has 2 aliphatic heterocycles. The summed E-state index contributed by atoms with van der Waals surface area (Å²) in [4.78, 5) is 27.1. The zero-order valence-electron chi connectivity index (χ0n) is 17.6. The van der Waals surface area contributed by atoms with Gasteiger partial charge in [0.05, 0.1) is 23.6 Å². The summed E-state index contributed by atoms with van der Waals surface area (Å²) in [6.45, 7) is 2.59. The molecule has 0 radical (unpaired) electrons. The molecule has 1 saturated carbocycles. The number of aromatic nitrogens is 1. The number of alkyl halides is 3. The Balaban J connectivity index is 0.000000360. The van der Waals surface area contributed by atoms with Gasteiger partial charge in [-0.25, -0.2) is 4.79 Å². The molecule has 1 atom stereocenters. The van der Waals surface area contributed by atoms with E-state index in [0.29, 0.717) is 12.7 Å². The van der Waals surface area contributed by atoms with Crippen molar-refractivity contribution in [2.45, 2.75) is 61.8 Å². The molecule has 1 aromatic rings. The highest BCUT2D eigenvalue weighted by molar-refractivity contribution is 8.01. The van der Waals surface area contributed by atoms with Crippen LogP contribution in [-0.4, -0.2) is 75.4 Å². The van der Waals surface area contributed by atoms with E-state index in [1.165, 1.54) is 12.8 Å². The number of ether oxygens (including phenoxy) is 2. The third kappa shape index (κ3) is 7.08. The summed E-state index contributed by atoms with van der Waals surface area (Å²) >= 11 is 1.97. The minimum Gasteiger partial charge on any atom is -0.475 e. The third-order valence-electron chi connectivity index (χ3n) is 5.71. The number of carbonyl (C=O) groups excluding carboxylic acids is 1. The van der Waals surface area contributed by atoms with E-state index in [1.807, 2.05) is 28.8 Å². The normalized spacial score (nSPS) is 22.3. The number of rotatable bonds is 6. The second-order valence-electron chi connectivity index (χ2n) is 8.26. The Morgan fingerprint density at radius 2 is 1.78 bits per heavy atom. The molecular weight excluding hydrogens is 449 g/mol. The van der Waals surface area contributed by atoms with Crippen molar-refractivity contribution >= 4 is 23.6 Å². The summed E-state index contributed by atoms with van der Waals surface area (Å²) in [5.41, 5.74) is 1.16. The molecule has 1 aromatic heterocycles. The molecule has 0 bridgehead atoms. The molecule has 1 unspecified atom stereocenters. The first-order valence-corrected chi connectivity index (χ1v) is 11.5. The number of hydrogen-bond donors (Lipinski definition) is 1. The van der Waals surface area contributed by atoms with Gasteiger partial charge in [-0.2, -0.15) is 13.2 Å². The van der Waals surface area contributed by atoms with Crippen molar-refractivity contribution in [3.05, 3.63) is 30.1 Å². The zero-order chi connectivity index (χ0) is 23.2. The Morgan fingerprint density at radius 1 is 1.16 bits per heavy atom. The molecule has 32 heavy (non-hydrogen) atoms. The highest BCUT2D eigenvalue weighted by Gasteiger charge is 2.50. The summed E-state index contributed by atoms with van der Waals surface area (Å²) in [6.07, 6.45) is 4.85. The van der Waals surface area contributed by atoms with Crippen molar-refractivity contribution in [3.63, 3.8) is 0 Å². The predicted octanol–water partition coefficient (Wildman–Crippen LogP) is 3.28. The molecule has 1 amide bonds. The molecule has 3 fully saturated rings. The van der Waals surface area contributed by atoms with Crippen LogP contribution in [0.5, 0.6) is 0 Å². The maximum atomic E-state index is 12.3. The third-order valence-corrected chi connectivity index (χ3v) is 7.28.